The van der Waals surface area contributed by atoms with Crippen molar-refractivity contribution in [3.63, 3.8) is 0 Å². The summed E-state index contributed by atoms with van der Waals surface area (Å²) >= 11 is 0. The van der Waals surface area contributed by atoms with Crippen molar-refractivity contribution in [2.24, 2.45) is 5.16 Å². The molecule has 0 fully saturated rings. The minimum absolute atomic E-state index is 0.344. The number of hydrogen-bond donors (Lipinski definition) is 1. The monoisotopic (exact) mass is 329 g/mol. The van der Waals surface area contributed by atoms with Gasteiger partial charge in [0.2, 0.25) is 0 Å². The highest BCUT2D eigenvalue weighted by Gasteiger charge is 2.03. The Balaban J connectivity index is 1.94. The van der Waals surface area contributed by atoms with Gasteiger partial charge in [0, 0.05) is 5.56 Å². The Morgan fingerprint density at radius 1 is 1.12 bits per heavy atom. The summed E-state index contributed by atoms with van der Waals surface area (Å²) in [5, 5.41) is 12.7. The van der Waals surface area contributed by atoms with Crippen molar-refractivity contribution in [3.05, 3.63) is 59.7 Å². The van der Waals surface area contributed by atoms with Crippen LogP contribution in [0.15, 0.2) is 53.7 Å². The van der Waals surface area contributed by atoms with Crippen molar-refractivity contribution < 1.29 is 24.2 Å². The van der Waals surface area contributed by atoms with Gasteiger partial charge in [0.25, 0.3) is 0 Å². The second-order valence-corrected chi connectivity index (χ2v) is 5.01. The van der Waals surface area contributed by atoms with Crippen molar-refractivity contribution in [2.45, 2.75) is 13.5 Å². The van der Waals surface area contributed by atoms with Gasteiger partial charge in [-0.15, -0.1) is 0 Å². The summed E-state index contributed by atoms with van der Waals surface area (Å²) < 4.78 is 10.2. The molecule has 2 rings (SSSR count). The first-order chi connectivity index (χ1) is 11.6. The highest BCUT2D eigenvalue weighted by molar-refractivity contribution is 5.98. The Kier molecular flexibility index (Phi) is 6.19. The molecule has 0 saturated heterocycles. The van der Waals surface area contributed by atoms with E-state index in [1.165, 1.54) is 0 Å². The molecule has 6 nitrogen and oxygen atoms in total. The zero-order valence-electron chi connectivity index (χ0n) is 13.6. The number of carboxylic acids is 1. The molecule has 0 aromatic heterocycles. The number of rotatable bonds is 8. The van der Waals surface area contributed by atoms with E-state index in [2.05, 4.69) is 5.16 Å². The molecular weight excluding hydrogens is 310 g/mol. The molecule has 0 spiro atoms. The molecule has 0 amide bonds. The van der Waals surface area contributed by atoms with Crippen LogP contribution in [0.2, 0.25) is 0 Å². The summed E-state index contributed by atoms with van der Waals surface area (Å²) in [6.07, 6.45) is 0. The van der Waals surface area contributed by atoms with E-state index in [1.54, 1.807) is 25.3 Å². The summed E-state index contributed by atoms with van der Waals surface area (Å²) in [5.74, 6) is 0.241. The maximum atomic E-state index is 10.5. The molecule has 0 radical (unpaired) electrons. The Labute approximate surface area is 140 Å². The number of ether oxygens (including phenoxy) is 2. The van der Waals surface area contributed by atoms with Gasteiger partial charge in [0.15, 0.2) is 6.61 Å². The summed E-state index contributed by atoms with van der Waals surface area (Å²) in [5.41, 5.74) is 2.45. The topological polar surface area (TPSA) is 77.3 Å². The van der Waals surface area contributed by atoms with E-state index in [-0.39, 0.29) is 6.61 Å². The van der Waals surface area contributed by atoms with Gasteiger partial charge in [0.05, 0.1) is 12.8 Å². The van der Waals surface area contributed by atoms with Crippen LogP contribution in [0.25, 0.3) is 0 Å². The number of hydrogen-bond acceptors (Lipinski definition) is 5. The summed E-state index contributed by atoms with van der Waals surface area (Å²) in [7, 11) is 1.62. The van der Waals surface area contributed by atoms with Gasteiger partial charge in [0.1, 0.15) is 18.1 Å². The molecule has 0 bridgehead atoms. The molecule has 0 saturated carbocycles. The average Bonchev–Trinajstić information content (AvgIpc) is 2.60. The fourth-order valence-electron chi connectivity index (χ4n) is 1.93. The first-order valence-electron chi connectivity index (χ1n) is 7.33. The van der Waals surface area contributed by atoms with E-state index in [9.17, 15) is 4.79 Å². The molecule has 1 N–H and O–H groups in total. The number of nitrogens with zero attached hydrogens (tertiary/aromatic N) is 1. The lowest BCUT2D eigenvalue weighted by atomic mass is 10.1. The second kappa shape index (κ2) is 8.57. The predicted octanol–water partition coefficient (Wildman–Crippen LogP) is 3.10. The molecule has 0 heterocycles. The molecule has 126 valence electrons. The fourth-order valence-corrected chi connectivity index (χ4v) is 1.93. The maximum Gasteiger partial charge on any atom is 0.341 e. The molecule has 0 atom stereocenters. The van der Waals surface area contributed by atoms with Gasteiger partial charge in [-0.05, 0) is 36.8 Å². The molecule has 0 aliphatic heterocycles. The van der Waals surface area contributed by atoms with E-state index in [4.69, 9.17) is 19.4 Å². The van der Waals surface area contributed by atoms with Gasteiger partial charge in [-0.3, -0.25) is 0 Å². The van der Waals surface area contributed by atoms with Gasteiger partial charge >= 0.3 is 5.97 Å². The first kappa shape index (κ1) is 17.3. The van der Waals surface area contributed by atoms with Crippen LogP contribution in [-0.4, -0.2) is 30.5 Å². The van der Waals surface area contributed by atoms with Crippen LogP contribution in [0.1, 0.15) is 18.1 Å². The highest BCUT2D eigenvalue weighted by atomic mass is 16.6. The summed E-state index contributed by atoms with van der Waals surface area (Å²) in [6.45, 7) is 1.77. The van der Waals surface area contributed by atoms with Crippen LogP contribution in [0.4, 0.5) is 0 Å². The van der Waals surface area contributed by atoms with Crippen LogP contribution < -0.4 is 9.47 Å². The third-order valence-electron chi connectivity index (χ3n) is 3.21. The minimum atomic E-state index is -1.02. The van der Waals surface area contributed by atoms with Crippen LogP contribution in [-0.2, 0) is 16.2 Å². The Morgan fingerprint density at radius 2 is 1.88 bits per heavy atom. The van der Waals surface area contributed by atoms with E-state index in [0.717, 1.165) is 16.9 Å². The number of carboxylic acid groups (broad SMARTS) is 1. The third-order valence-corrected chi connectivity index (χ3v) is 3.21. The van der Waals surface area contributed by atoms with E-state index in [1.807, 2.05) is 37.3 Å². The fraction of sp³-hybridized carbons (Fsp3) is 0.222. The van der Waals surface area contributed by atoms with E-state index < -0.39 is 5.97 Å². The molecular formula is C18H19NO5. The Bertz CT molecular complexity index is 710. The zero-order chi connectivity index (χ0) is 17.4. The minimum Gasteiger partial charge on any atom is -0.497 e. The van der Waals surface area contributed by atoms with Gasteiger partial charge in [-0.2, -0.15) is 0 Å². The van der Waals surface area contributed by atoms with Crippen molar-refractivity contribution in [1.29, 1.82) is 0 Å². The predicted molar refractivity (Wildman–Crippen MR) is 89.6 cm³/mol. The number of methoxy groups -OCH3 is 1. The lowest BCUT2D eigenvalue weighted by Crippen LogP contribution is -2.09. The molecule has 0 aliphatic rings. The number of carbonyl (C=O) groups is 1. The third kappa shape index (κ3) is 5.31. The van der Waals surface area contributed by atoms with Crippen LogP contribution in [0, 0.1) is 0 Å². The number of aliphatic carboxylic acids is 1. The maximum absolute atomic E-state index is 10.5. The van der Waals surface area contributed by atoms with Crippen molar-refractivity contribution >= 4 is 11.7 Å². The molecule has 0 aliphatic carbocycles. The SMILES string of the molecule is COc1ccc(CON=C(C)c2cccc(OCC(=O)O)c2)cc1. The molecule has 2 aromatic carbocycles. The molecule has 24 heavy (non-hydrogen) atoms. The standard InChI is InChI=1S/C18H19NO5/c1-13(15-4-3-5-17(10-15)23-12-18(20)21)19-24-11-14-6-8-16(22-2)9-7-14/h3-10H,11-12H2,1-2H3,(H,20,21). The van der Waals surface area contributed by atoms with E-state index >= 15 is 0 Å². The lowest BCUT2D eigenvalue weighted by Gasteiger charge is -2.06. The molecule has 6 heteroatoms. The van der Waals surface area contributed by atoms with Crippen LogP contribution in [0.5, 0.6) is 11.5 Å². The smallest absolute Gasteiger partial charge is 0.341 e. The van der Waals surface area contributed by atoms with Gasteiger partial charge in [-0.1, -0.05) is 29.4 Å². The van der Waals surface area contributed by atoms with Crippen LogP contribution in [0.3, 0.4) is 0 Å². The largest absolute Gasteiger partial charge is 0.497 e. The van der Waals surface area contributed by atoms with Crippen molar-refractivity contribution in [3.8, 4) is 11.5 Å². The van der Waals surface area contributed by atoms with Crippen molar-refractivity contribution in [1.82, 2.24) is 0 Å². The summed E-state index contributed by atoms with van der Waals surface area (Å²) in [4.78, 5) is 15.9. The van der Waals surface area contributed by atoms with E-state index in [0.29, 0.717) is 18.1 Å². The molecule has 2 aromatic rings. The zero-order valence-corrected chi connectivity index (χ0v) is 13.6. The van der Waals surface area contributed by atoms with Gasteiger partial charge in [-0.25, -0.2) is 4.79 Å². The Hall–Kier alpha value is -3.02. The van der Waals surface area contributed by atoms with Gasteiger partial charge < -0.3 is 19.4 Å². The average molecular weight is 329 g/mol. The molecule has 0 unspecified atom stereocenters. The van der Waals surface area contributed by atoms with Crippen LogP contribution >= 0.6 is 0 Å². The lowest BCUT2D eigenvalue weighted by molar-refractivity contribution is -0.139. The Morgan fingerprint density at radius 3 is 2.54 bits per heavy atom. The van der Waals surface area contributed by atoms with Crippen molar-refractivity contribution in [2.75, 3.05) is 13.7 Å². The summed E-state index contributed by atoms with van der Waals surface area (Å²) in [6, 6.07) is 14.6. The number of oxime groups is 1. The highest BCUT2D eigenvalue weighted by Crippen LogP contribution is 2.15. The second-order valence-electron chi connectivity index (χ2n) is 5.01. The quantitative estimate of drug-likeness (QED) is 0.595. The number of benzene rings is 2. The first-order valence-corrected chi connectivity index (χ1v) is 7.33. The normalized spacial score (nSPS) is 11.0.